The molecule has 6 nitrogen and oxygen atoms in total. The van der Waals surface area contributed by atoms with Gasteiger partial charge in [-0.05, 0) is 53.1 Å². The standard InChI is InChI=1S/C27H26F2N2O4/c1-31-22-11-2-16(12-24(22)35-27(31)33)14-30-21-15-34-25(13-23(21)32)26(17-3-7-19(28)8-4-17)18-5-9-20(29)10-6-18/h2-12,21,23,25-26,30,32H,13-15H2,1H3/t21-,23-,25+/m1/s1. The van der Waals surface area contributed by atoms with Gasteiger partial charge in [-0.1, -0.05) is 30.3 Å². The van der Waals surface area contributed by atoms with Crippen molar-refractivity contribution in [2.75, 3.05) is 6.61 Å². The fourth-order valence-electron chi connectivity index (χ4n) is 4.74. The van der Waals surface area contributed by atoms with E-state index < -0.39 is 11.9 Å². The van der Waals surface area contributed by atoms with Gasteiger partial charge in [-0.2, -0.15) is 0 Å². The topological polar surface area (TPSA) is 76.6 Å². The van der Waals surface area contributed by atoms with Crippen molar-refractivity contribution in [2.24, 2.45) is 7.05 Å². The van der Waals surface area contributed by atoms with Crippen LogP contribution in [-0.4, -0.2) is 34.5 Å². The van der Waals surface area contributed by atoms with Crippen LogP contribution < -0.4 is 11.1 Å². The van der Waals surface area contributed by atoms with Crippen molar-refractivity contribution in [2.45, 2.75) is 37.1 Å². The number of nitrogens with zero attached hydrogens (tertiary/aromatic N) is 1. The lowest BCUT2D eigenvalue weighted by Crippen LogP contribution is -2.50. The summed E-state index contributed by atoms with van der Waals surface area (Å²) in [6, 6.07) is 17.6. The first-order valence-corrected chi connectivity index (χ1v) is 11.5. The van der Waals surface area contributed by atoms with Gasteiger partial charge >= 0.3 is 5.76 Å². The highest BCUT2D eigenvalue weighted by Gasteiger charge is 2.35. The van der Waals surface area contributed by atoms with Crippen LogP contribution in [0.3, 0.4) is 0 Å². The zero-order valence-corrected chi connectivity index (χ0v) is 19.2. The van der Waals surface area contributed by atoms with Crippen LogP contribution in [0.4, 0.5) is 8.78 Å². The van der Waals surface area contributed by atoms with E-state index in [-0.39, 0.29) is 36.3 Å². The Kier molecular flexibility index (Phi) is 6.51. The summed E-state index contributed by atoms with van der Waals surface area (Å²) in [5.74, 6) is -1.37. The number of oxazole rings is 1. The van der Waals surface area contributed by atoms with E-state index in [0.29, 0.717) is 18.5 Å². The summed E-state index contributed by atoms with van der Waals surface area (Å²) in [4.78, 5) is 11.7. The van der Waals surface area contributed by atoms with E-state index in [4.69, 9.17) is 9.15 Å². The predicted octanol–water partition coefficient (Wildman–Crippen LogP) is 3.85. The zero-order chi connectivity index (χ0) is 24.5. The van der Waals surface area contributed by atoms with E-state index >= 15 is 0 Å². The minimum Gasteiger partial charge on any atom is -0.408 e. The second-order valence-electron chi connectivity index (χ2n) is 8.97. The van der Waals surface area contributed by atoms with Crippen LogP contribution in [0.1, 0.15) is 29.0 Å². The molecule has 1 fully saturated rings. The normalized spacial score (nSPS) is 20.5. The smallest absolute Gasteiger partial charge is 0.408 e. The number of fused-ring (bicyclic) bond motifs is 1. The average Bonchev–Trinajstić information content (AvgIpc) is 3.14. The number of aliphatic hydroxyl groups is 1. The number of aryl methyl sites for hydroxylation is 1. The fraction of sp³-hybridized carbons (Fsp3) is 0.296. The third kappa shape index (κ3) is 4.91. The molecule has 1 aliphatic rings. The van der Waals surface area contributed by atoms with Crippen molar-refractivity contribution in [1.82, 2.24) is 9.88 Å². The summed E-state index contributed by atoms with van der Waals surface area (Å²) in [7, 11) is 1.66. The summed E-state index contributed by atoms with van der Waals surface area (Å²) in [5.41, 5.74) is 3.81. The number of hydrogen-bond donors (Lipinski definition) is 2. The molecule has 8 heteroatoms. The van der Waals surface area contributed by atoms with Crippen LogP contribution in [0.15, 0.2) is 75.9 Å². The number of rotatable bonds is 6. The van der Waals surface area contributed by atoms with Gasteiger partial charge in [0.15, 0.2) is 5.58 Å². The number of nitrogens with one attached hydrogen (secondary N) is 1. The monoisotopic (exact) mass is 480 g/mol. The molecule has 2 heterocycles. The van der Waals surface area contributed by atoms with Crippen LogP contribution in [-0.2, 0) is 18.3 Å². The molecule has 5 rings (SSSR count). The second kappa shape index (κ2) is 9.73. The SMILES string of the molecule is Cn1c(=O)oc2cc(CN[C@@H]3CO[C@H](C(c4ccc(F)cc4)c4ccc(F)cc4)C[C@H]3O)ccc21. The molecule has 3 aromatic carbocycles. The van der Waals surface area contributed by atoms with E-state index in [1.807, 2.05) is 18.2 Å². The minimum atomic E-state index is -0.685. The number of aromatic nitrogens is 1. The van der Waals surface area contributed by atoms with Crippen molar-refractivity contribution < 1.29 is 23.0 Å². The van der Waals surface area contributed by atoms with Crippen molar-refractivity contribution >= 4 is 11.1 Å². The molecule has 1 aliphatic heterocycles. The summed E-state index contributed by atoms with van der Waals surface area (Å²) < 4.78 is 40.0. The number of benzene rings is 3. The Balaban J connectivity index is 1.29. The lowest BCUT2D eigenvalue weighted by atomic mass is 9.82. The van der Waals surface area contributed by atoms with Crippen molar-refractivity contribution in [1.29, 1.82) is 0 Å². The van der Waals surface area contributed by atoms with E-state index in [1.54, 1.807) is 31.3 Å². The number of aliphatic hydroxyl groups excluding tert-OH is 1. The molecule has 0 saturated carbocycles. The quantitative estimate of drug-likeness (QED) is 0.439. The van der Waals surface area contributed by atoms with E-state index in [2.05, 4.69) is 5.32 Å². The largest absolute Gasteiger partial charge is 0.419 e. The molecule has 0 unspecified atom stereocenters. The van der Waals surface area contributed by atoms with Crippen LogP contribution in [0, 0.1) is 11.6 Å². The van der Waals surface area contributed by atoms with Gasteiger partial charge in [-0.3, -0.25) is 4.57 Å². The highest BCUT2D eigenvalue weighted by atomic mass is 19.1. The van der Waals surface area contributed by atoms with Gasteiger partial charge in [-0.25, -0.2) is 13.6 Å². The molecular weight excluding hydrogens is 454 g/mol. The molecule has 0 bridgehead atoms. The molecule has 0 radical (unpaired) electrons. The van der Waals surface area contributed by atoms with Crippen LogP contribution in [0.2, 0.25) is 0 Å². The van der Waals surface area contributed by atoms with E-state index in [9.17, 15) is 18.7 Å². The average molecular weight is 481 g/mol. The first kappa shape index (κ1) is 23.4. The molecule has 0 amide bonds. The molecule has 182 valence electrons. The van der Waals surface area contributed by atoms with Crippen LogP contribution >= 0.6 is 0 Å². The Morgan fingerprint density at radius 1 is 1.03 bits per heavy atom. The highest BCUT2D eigenvalue weighted by Crippen LogP contribution is 2.35. The van der Waals surface area contributed by atoms with E-state index in [1.165, 1.54) is 28.8 Å². The Bertz CT molecular complexity index is 1320. The number of ether oxygens (including phenoxy) is 1. The lowest BCUT2D eigenvalue weighted by molar-refractivity contribution is -0.0718. The molecular formula is C27H26F2N2O4. The summed E-state index contributed by atoms with van der Waals surface area (Å²) >= 11 is 0. The third-order valence-corrected chi connectivity index (χ3v) is 6.68. The Labute approximate surface area is 200 Å². The van der Waals surface area contributed by atoms with Crippen molar-refractivity contribution in [3.8, 4) is 0 Å². The van der Waals surface area contributed by atoms with Gasteiger partial charge in [0.2, 0.25) is 0 Å². The zero-order valence-electron chi connectivity index (χ0n) is 19.2. The van der Waals surface area contributed by atoms with Gasteiger partial charge in [0.05, 0.1) is 30.4 Å². The first-order valence-electron chi connectivity index (χ1n) is 11.5. The first-order chi connectivity index (χ1) is 16.9. The highest BCUT2D eigenvalue weighted by molar-refractivity contribution is 5.73. The number of hydrogen-bond acceptors (Lipinski definition) is 5. The van der Waals surface area contributed by atoms with Gasteiger partial charge < -0.3 is 19.6 Å². The molecule has 0 spiro atoms. The van der Waals surface area contributed by atoms with E-state index in [0.717, 1.165) is 22.2 Å². The Morgan fingerprint density at radius 3 is 2.26 bits per heavy atom. The maximum Gasteiger partial charge on any atom is 0.419 e. The van der Waals surface area contributed by atoms with Gasteiger partial charge in [0, 0.05) is 25.9 Å². The van der Waals surface area contributed by atoms with Gasteiger partial charge in [0.1, 0.15) is 11.6 Å². The molecule has 1 aromatic heterocycles. The summed E-state index contributed by atoms with van der Waals surface area (Å²) in [5, 5.41) is 14.3. The maximum atomic E-state index is 13.5. The Hall–Kier alpha value is -3.33. The molecule has 2 N–H and O–H groups in total. The van der Waals surface area contributed by atoms with Crippen LogP contribution in [0.5, 0.6) is 0 Å². The predicted molar refractivity (Wildman–Crippen MR) is 127 cm³/mol. The summed E-state index contributed by atoms with van der Waals surface area (Å²) in [6.45, 7) is 0.733. The van der Waals surface area contributed by atoms with Gasteiger partial charge in [-0.15, -0.1) is 0 Å². The molecule has 3 atom stereocenters. The van der Waals surface area contributed by atoms with Crippen molar-refractivity contribution in [3.05, 3.63) is 106 Å². The molecule has 4 aromatic rings. The maximum absolute atomic E-state index is 13.5. The summed E-state index contributed by atoms with van der Waals surface area (Å²) in [6.07, 6.45) is -0.701. The minimum absolute atomic E-state index is 0.271. The second-order valence-corrected chi connectivity index (χ2v) is 8.97. The molecule has 0 aliphatic carbocycles. The van der Waals surface area contributed by atoms with Crippen LogP contribution in [0.25, 0.3) is 11.1 Å². The molecule has 1 saturated heterocycles. The van der Waals surface area contributed by atoms with Crippen molar-refractivity contribution in [3.63, 3.8) is 0 Å². The van der Waals surface area contributed by atoms with Gasteiger partial charge in [0.25, 0.3) is 0 Å². The Morgan fingerprint density at radius 2 is 1.66 bits per heavy atom. The fourth-order valence-corrected chi connectivity index (χ4v) is 4.74. The number of halogens is 2. The lowest BCUT2D eigenvalue weighted by Gasteiger charge is -2.38. The third-order valence-electron chi connectivity index (χ3n) is 6.68. The molecule has 35 heavy (non-hydrogen) atoms.